The van der Waals surface area contributed by atoms with Crippen LogP contribution in [0.5, 0.6) is 0 Å². The number of carbonyl (C=O) groups excluding carboxylic acids is 3. The number of nitrogens with zero attached hydrogens (tertiary/aromatic N) is 3. The zero-order chi connectivity index (χ0) is 18.9. The van der Waals surface area contributed by atoms with Gasteiger partial charge in [-0.25, -0.2) is 9.78 Å². The summed E-state index contributed by atoms with van der Waals surface area (Å²) in [5.74, 6) is -0.681. The molecule has 1 saturated carbocycles. The van der Waals surface area contributed by atoms with Gasteiger partial charge in [-0.2, -0.15) is 0 Å². The summed E-state index contributed by atoms with van der Waals surface area (Å²) < 4.78 is 1.85. The van der Waals surface area contributed by atoms with Crippen LogP contribution in [-0.4, -0.2) is 44.4 Å². The molecule has 2 aliphatic rings. The number of hydrogen-bond acceptors (Lipinski definition) is 4. The molecule has 1 aliphatic heterocycles. The van der Waals surface area contributed by atoms with E-state index in [9.17, 15) is 14.4 Å². The highest BCUT2D eigenvalue weighted by Crippen LogP contribution is 2.33. The van der Waals surface area contributed by atoms with E-state index in [1.807, 2.05) is 22.9 Å². The third-order valence-corrected chi connectivity index (χ3v) is 5.21. The minimum Gasteiger partial charge on any atom is -0.325 e. The highest BCUT2D eigenvalue weighted by molar-refractivity contribution is 6.10. The average molecular weight is 367 g/mol. The molecule has 8 nitrogen and oxygen atoms in total. The molecule has 0 atom stereocenters. The molecule has 1 aromatic carbocycles. The zero-order valence-electron chi connectivity index (χ0n) is 14.9. The highest BCUT2D eigenvalue weighted by atomic mass is 16.2. The molecule has 4 rings (SSSR count). The first-order valence-electron chi connectivity index (χ1n) is 9.10. The van der Waals surface area contributed by atoms with Crippen LogP contribution in [0.25, 0.3) is 5.69 Å². The number of hydrogen-bond donors (Lipinski definition) is 2. The van der Waals surface area contributed by atoms with Crippen LogP contribution in [-0.2, 0) is 9.59 Å². The molecule has 27 heavy (non-hydrogen) atoms. The lowest BCUT2D eigenvalue weighted by Gasteiger charge is -2.30. The van der Waals surface area contributed by atoms with Gasteiger partial charge >= 0.3 is 6.03 Å². The summed E-state index contributed by atoms with van der Waals surface area (Å²) in [5, 5.41) is 5.55. The summed E-state index contributed by atoms with van der Waals surface area (Å²) in [6.45, 7) is -0.282. The van der Waals surface area contributed by atoms with Crippen molar-refractivity contribution in [1.29, 1.82) is 0 Å². The Morgan fingerprint density at radius 3 is 2.56 bits per heavy atom. The molecule has 2 aromatic rings. The predicted octanol–water partition coefficient (Wildman–Crippen LogP) is 2.07. The van der Waals surface area contributed by atoms with Crippen molar-refractivity contribution in [1.82, 2.24) is 19.8 Å². The SMILES string of the molecule is O=C(CN1C(=O)NC2(CCCCC2)C1=O)Nc1ccc(-n2ccnc2)cc1. The number of benzene rings is 1. The Balaban J connectivity index is 1.39. The van der Waals surface area contributed by atoms with Crippen molar-refractivity contribution in [2.24, 2.45) is 0 Å². The molecule has 2 heterocycles. The fourth-order valence-corrected chi connectivity index (χ4v) is 3.79. The molecule has 2 N–H and O–H groups in total. The minimum absolute atomic E-state index is 0.280. The van der Waals surface area contributed by atoms with Crippen LogP contribution in [0.1, 0.15) is 32.1 Å². The van der Waals surface area contributed by atoms with Crippen LogP contribution in [0.2, 0.25) is 0 Å². The monoisotopic (exact) mass is 367 g/mol. The second-order valence-electron chi connectivity index (χ2n) is 7.03. The Bertz CT molecular complexity index is 854. The number of amides is 4. The average Bonchev–Trinajstić information content (AvgIpc) is 3.27. The quantitative estimate of drug-likeness (QED) is 0.809. The maximum absolute atomic E-state index is 12.7. The third kappa shape index (κ3) is 3.30. The third-order valence-electron chi connectivity index (χ3n) is 5.21. The van der Waals surface area contributed by atoms with Gasteiger partial charge < -0.3 is 15.2 Å². The normalized spacial score (nSPS) is 18.6. The van der Waals surface area contributed by atoms with Crippen molar-refractivity contribution < 1.29 is 14.4 Å². The van der Waals surface area contributed by atoms with Gasteiger partial charge in [0.1, 0.15) is 12.1 Å². The summed E-state index contributed by atoms with van der Waals surface area (Å²) in [7, 11) is 0. The Labute approximate surface area is 156 Å². The molecule has 1 aliphatic carbocycles. The highest BCUT2D eigenvalue weighted by Gasteiger charge is 2.51. The van der Waals surface area contributed by atoms with Crippen LogP contribution < -0.4 is 10.6 Å². The molecule has 1 aromatic heterocycles. The van der Waals surface area contributed by atoms with E-state index in [0.717, 1.165) is 29.8 Å². The van der Waals surface area contributed by atoms with Crippen molar-refractivity contribution in [3.8, 4) is 5.69 Å². The van der Waals surface area contributed by atoms with Crippen LogP contribution in [0.3, 0.4) is 0 Å². The predicted molar refractivity (Wildman–Crippen MR) is 98.3 cm³/mol. The van der Waals surface area contributed by atoms with Gasteiger partial charge in [-0.3, -0.25) is 14.5 Å². The van der Waals surface area contributed by atoms with Gasteiger partial charge in [-0.15, -0.1) is 0 Å². The lowest BCUT2D eigenvalue weighted by molar-refractivity contribution is -0.134. The second-order valence-corrected chi connectivity index (χ2v) is 7.03. The fourth-order valence-electron chi connectivity index (χ4n) is 3.79. The summed E-state index contributed by atoms with van der Waals surface area (Å²) >= 11 is 0. The number of nitrogens with one attached hydrogen (secondary N) is 2. The Hall–Kier alpha value is -3.16. The van der Waals surface area contributed by atoms with Gasteiger partial charge in [-0.05, 0) is 37.1 Å². The maximum Gasteiger partial charge on any atom is 0.325 e. The molecule has 0 radical (unpaired) electrons. The van der Waals surface area contributed by atoms with Crippen molar-refractivity contribution in [2.75, 3.05) is 11.9 Å². The van der Waals surface area contributed by atoms with E-state index in [1.165, 1.54) is 0 Å². The molecule has 1 spiro atoms. The second kappa shape index (κ2) is 6.86. The van der Waals surface area contributed by atoms with Crippen molar-refractivity contribution in [3.63, 3.8) is 0 Å². The molecule has 1 saturated heterocycles. The van der Waals surface area contributed by atoms with Gasteiger partial charge in [0.15, 0.2) is 0 Å². The first-order chi connectivity index (χ1) is 13.1. The van der Waals surface area contributed by atoms with Crippen LogP contribution in [0.4, 0.5) is 10.5 Å². The first kappa shape index (κ1) is 17.3. The van der Waals surface area contributed by atoms with Gasteiger partial charge in [0.25, 0.3) is 5.91 Å². The van der Waals surface area contributed by atoms with E-state index in [4.69, 9.17) is 0 Å². The standard InChI is InChI=1S/C19H21N5O3/c25-16(21-14-4-6-15(7-5-14)23-11-10-20-13-23)12-24-17(26)19(22-18(24)27)8-2-1-3-9-19/h4-7,10-11,13H,1-3,8-9,12H2,(H,21,25)(H,22,27). The lowest BCUT2D eigenvalue weighted by atomic mass is 9.82. The van der Waals surface area contributed by atoms with Crippen molar-refractivity contribution >= 4 is 23.5 Å². The molecule has 140 valence electrons. The molecule has 4 amide bonds. The largest absolute Gasteiger partial charge is 0.325 e. The number of rotatable bonds is 4. The van der Waals surface area contributed by atoms with E-state index in [-0.39, 0.29) is 12.5 Å². The van der Waals surface area contributed by atoms with E-state index in [2.05, 4.69) is 15.6 Å². The smallest absolute Gasteiger partial charge is 0.325 e. The number of carbonyl (C=O) groups is 3. The number of anilines is 1. The topological polar surface area (TPSA) is 96.3 Å². The molecule has 0 bridgehead atoms. The van der Waals surface area contributed by atoms with Crippen LogP contribution >= 0.6 is 0 Å². The van der Waals surface area contributed by atoms with Crippen LogP contribution in [0, 0.1) is 0 Å². The number of urea groups is 1. The summed E-state index contributed by atoms with van der Waals surface area (Å²) in [6.07, 6.45) is 9.38. The van der Waals surface area contributed by atoms with Gasteiger partial charge in [0.05, 0.1) is 6.33 Å². The van der Waals surface area contributed by atoms with E-state index < -0.39 is 17.5 Å². The van der Waals surface area contributed by atoms with Gasteiger partial charge in [0.2, 0.25) is 5.91 Å². The first-order valence-corrected chi connectivity index (χ1v) is 9.10. The Morgan fingerprint density at radius 1 is 1.15 bits per heavy atom. The Kier molecular flexibility index (Phi) is 4.39. The van der Waals surface area contributed by atoms with E-state index in [0.29, 0.717) is 18.5 Å². The van der Waals surface area contributed by atoms with E-state index in [1.54, 1.807) is 24.7 Å². The minimum atomic E-state index is -0.804. The number of aromatic nitrogens is 2. The molecule has 0 unspecified atom stereocenters. The fraction of sp³-hybridized carbons (Fsp3) is 0.368. The Morgan fingerprint density at radius 2 is 1.89 bits per heavy atom. The van der Waals surface area contributed by atoms with Gasteiger partial charge in [0, 0.05) is 23.8 Å². The molecule has 2 fully saturated rings. The molecule has 8 heteroatoms. The maximum atomic E-state index is 12.7. The molecular formula is C19H21N5O3. The van der Waals surface area contributed by atoms with Crippen molar-refractivity contribution in [3.05, 3.63) is 43.0 Å². The lowest BCUT2D eigenvalue weighted by Crippen LogP contribution is -2.48. The van der Waals surface area contributed by atoms with E-state index >= 15 is 0 Å². The summed E-state index contributed by atoms with van der Waals surface area (Å²) in [5.41, 5.74) is 0.712. The number of imide groups is 1. The summed E-state index contributed by atoms with van der Waals surface area (Å²) in [4.78, 5) is 42.3. The molecular weight excluding hydrogens is 346 g/mol. The van der Waals surface area contributed by atoms with Crippen molar-refractivity contribution in [2.45, 2.75) is 37.6 Å². The number of imidazole rings is 1. The summed E-state index contributed by atoms with van der Waals surface area (Å²) in [6, 6.07) is 6.75. The van der Waals surface area contributed by atoms with Gasteiger partial charge in [-0.1, -0.05) is 19.3 Å². The zero-order valence-corrected chi connectivity index (χ0v) is 14.9. The van der Waals surface area contributed by atoms with Crippen LogP contribution in [0.15, 0.2) is 43.0 Å².